The van der Waals surface area contributed by atoms with E-state index in [1.165, 1.54) is 5.56 Å². The molecular weight excluding hydrogens is 424 g/mol. The molecule has 0 aliphatic carbocycles. The minimum Gasteiger partial charge on any atom is -0.496 e. The molecule has 2 aromatic carbocycles. The first kappa shape index (κ1) is 23.8. The average Bonchev–Trinajstić information content (AvgIpc) is 3.22. The van der Waals surface area contributed by atoms with Gasteiger partial charge in [0.2, 0.25) is 5.91 Å². The topological polar surface area (TPSA) is 78.3 Å². The van der Waals surface area contributed by atoms with Gasteiger partial charge in [0.15, 0.2) is 5.16 Å². The Morgan fingerprint density at radius 3 is 2.62 bits per heavy atom. The van der Waals surface area contributed by atoms with Crippen LogP contribution in [0, 0.1) is 0 Å². The first-order valence-electron chi connectivity index (χ1n) is 10.7. The average molecular weight is 455 g/mol. The summed E-state index contributed by atoms with van der Waals surface area (Å²) in [5.41, 5.74) is 2.19. The number of nitrogens with one attached hydrogen (secondary N) is 1. The molecule has 0 unspecified atom stereocenters. The highest BCUT2D eigenvalue weighted by Crippen LogP contribution is 2.23. The van der Waals surface area contributed by atoms with Crippen molar-refractivity contribution in [2.75, 3.05) is 20.8 Å². The molecule has 8 heteroatoms. The predicted molar refractivity (Wildman–Crippen MR) is 126 cm³/mol. The molecule has 0 atom stereocenters. The Bertz CT molecular complexity index is 978. The van der Waals surface area contributed by atoms with Crippen LogP contribution in [-0.4, -0.2) is 41.5 Å². The van der Waals surface area contributed by atoms with E-state index in [1.807, 2.05) is 42.5 Å². The second-order valence-corrected chi connectivity index (χ2v) is 8.20. The number of nitrogens with zero attached hydrogens (tertiary/aromatic N) is 3. The second-order valence-electron chi connectivity index (χ2n) is 7.26. The lowest BCUT2D eigenvalue weighted by molar-refractivity contribution is -0.121. The highest BCUT2D eigenvalue weighted by Gasteiger charge is 2.14. The summed E-state index contributed by atoms with van der Waals surface area (Å²) in [5.74, 6) is 2.39. The van der Waals surface area contributed by atoms with Crippen LogP contribution in [0.1, 0.15) is 29.8 Å². The second kappa shape index (κ2) is 12.9. The van der Waals surface area contributed by atoms with Gasteiger partial charge in [-0.2, -0.15) is 0 Å². The van der Waals surface area contributed by atoms with Gasteiger partial charge in [0.25, 0.3) is 0 Å². The normalized spacial score (nSPS) is 10.8. The zero-order valence-electron chi connectivity index (χ0n) is 18.6. The van der Waals surface area contributed by atoms with Crippen molar-refractivity contribution >= 4 is 17.7 Å². The minimum absolute atomic E-state index is 0.0270. The van der Waals surface area contributed by atoms with Gasteiger partial charge in [0, 0.05) is 51.0 Å². The van der Waals surface area contributed by atoms with Crippen LogP contribution in [0.5, 0.6) is 5.75 Å². The van der Waals surface area contributed by atoms with Gasteiger partial charge in [-0.3, -0.25) is 4.79 Å². The van der Waals surface area contributed by atoms with Crippen LogP contribution in [0.15, 0.2) is 59.8 Å². The number of ether oxygens (including phenoxy) is 2. The van der Waals surface area contributed by atoms with Gasteiger partial charge in [-0.1, -0.05) is 60.3 Å². The number of benzene rings is 2. The molecule has 7 nitrogen and oxygen atoms in total. The Hall–Kier alpha value is -2.84. The van der Waals surface area contributed by atoms with Crippen LogP contribution in [0.4, 0.5) is 0 Å². The first-order valence-corrected chi connectivity index (χ1v) is 11.7. The zero-order valence-corrected chi connectivity index (χ0v) is 19.4. The Morgan fingerprint density at radius 1 is 1.06 bits per heavy atom. The molecule has 3 rings (SSSR count). The molecule has 0 aliphatic heterocycles. The summed E-state index contributed by atoms with van der Waals surface area (Å²) in [4.78, 5) is 12.4. The van der Waals surface area contributed by atoms with Crippen LogP contribution in [0.2, 0.25) is 0 Å². The standard InChI is InChI=1S/C24H30N4O3S/c1-30-16-8-15-28-22(26-27-24(28)32-18-19-9-4-3-5-10-19)13-14-23(29)25-17-20-11-6-7-12-21(20)31-2/h3-7,9-12H,8,13-18H2,1-2H3,(H,25,29). The van der Waals surface area contributed by atoms with Crippen molar-refractivity contribution in [2.24, 2.45) is 0 Å². The van der Waals surface area contributed by atoms with Crippen LogP contribution in [-0.2, 0) is 34.8 Å². The molecule has 3 aromatic rings. The zero-order chi connectivity index (χ0) is 22.6. The third-order valence-electron chi connectivity index (χ3n) is 4.98. The molecule has 0 bridgehead atoms. The number of carbonyl (C=O) groups excluding carboxylic acids is 1. The van der Waals surface area contributed by atoms with Gasteiger partial charge >= 0.3 is 0 Å². The van der Waals surface area contributed by atoms with E-state index in [-0.39, 0.29) is 5.91 Å². The summed E-state index contributed by atoms with van der Waals surface area (Å²) in [6.07, 6.45) is 1.74. The molecule has 0 saturated carbocycles. The van der Waals surface area contributed by atoms with Crippen molar-refractivity contribution in [3.05, 3.63) is 71.5 Å². The van der Waals surface area contributed by atoms with Crippen molar-refractivity contribution in [1.29, 1.82) is 0 Å². The molecule has 0 fully saturated rings. The molecule has 170 valence electrons. The Kier molecular flexibility index (Phi) is 9.59. The van der Waals surface area contributed by atoms with Crippen LogP contribution in [0.25, 0.3) is 0 Å². The summed E-state index contributed by atoms with van der Waals surface area (Å²) in [7, 11) is 3.33. The van der Waals surface area contributed by atoms with E-state index < -0.39 is 0 Å². The maximum atomic E-state index is 12.4. The highest BCUT2D eigenvalue weighted by atomic mass is 32.2. The summed E-state index contributed by atoms with van der Waals surface area (Å²) in [6, 6.07) is 18.0. The summed E-state index contributed by atoms with van der Waals surface area (Å²) < 4.78 is 12.7. The summed E-state index contributed by atoms with van der Waals surface area (Å²) in [6.45, 7) is 1.86. The number of para-hydroxylation sites is 1. The molecule has 0 saturated heterocycles. The van der Waals surface area contributed by atoms with Crippen molar-refractivity contribution in [3.8, 4) is 5.75 Å². The molecule has 0 aliphatic rings. The van der Waals surface area contributed by atoms with Gasteiger partial charge in [-0.15, -0.1) is 10.2 Å². The fourth-order valence-corrected chi connectivity index (χ4v) is 4.22. The number of rotatable bonds is 13. The number of aromatic nitrogens is 3. The van der Waals surface area contributed by atoms with Crippen molar-refractivity contribution in [3.63, 3.8) is 0 Å². The van der Waals surface area contributed by atoms with Gasteiger partial charge in [-0.25, -0.2) is 0 Å². The Balaban J connectivity index is 1.57. The molecular formula is C24H30N4O3S. The maximum absolute atomic E-state index is 12.4. The monoisotopic (exact) mass is 454 g/mol. The Morgan fingerprint density at radius 2 is 1.84 bits per heavy atom. The molecule has 0 spiro atoms. The number of methoxy groups -OCH3 is 2. The van der Waals surface area contributed by atoms with Crippen molar-refractivity contribution in [1.82, 2.24) is 20.1 Å². The molecule has 0 radical (unpaired) electrons. The SMILES string of the molecule is COCCCn1c(CCC(=O)NCc2ccccc2OC)nnc1SCc1ccccc1. The van der Waals surface area contributed by atoms with Gasteiger partial charge in [0.05, 0.1) is 7.11 Å². The highest BCUT2D eigenvalue weighted by molar-refractivity contribution is 7.98. The summed E-state index contributed by atoms with van der Waals surface area (Å²) >= 11 is 1.66. The number of thioether (sulfide) groups is 1. The lowest BCUT2D eigenvalue weighted by atomic mass is 10.2. The number of hydrogen-bond acceptors (Lipinski definition) is 6. The van der Waals surface area contributed by atoms with Crippen LogP contribution in [0.3, 0.4) is 0 Å². The van der Waals surface area contributed by atoms with E-state index in [2.05, 4.69) is 32.2 Å². The predicted octanol–water partition coefficient (Wildman–Crippen LogP) is 3.86. The first-order chi connectivity index (χ1) is 15.7. The maximum Gasteiger partial charge on any atom is 0.220 e. The molecule has 1 aromatic heterocycles. The number of aryl methyl sites for hydroxylation is 1. The van der Waals surface area contributed by atoms with E-state index in [0.717, 1.165) is 41.0 Å². The van der Waals surface area contributed by atoms with Gasteiger partial charge in [-0.05, 0) is 18.1 Å². The van der Waals surface area contributed by atoms with E-state index in [1.54, 1.807) is 26.0 Å². The van der Waals surface area contributed by atoms with Gasteiger partial charge in [0.1, 0.15) is 11.6 Å². The van der Waals surface area contributed by atoms with E-state index >= 15 is 0 Å². The molecule has 1 amide bonds. The van der Waals surface area contributed by atoms with Gasteiger partial charge < -0.3 is 19.4 Å². The quantitative estimate of drug-likeness (QED) is 0.312. The molecule has 1 N–H and O–H groups in total. The van der Waals surface area contributed by atoms with Crippen molar-refractivity contribution < 1.29 is 14.3 Å². The third-order valence-corrected chi connectivity index (χ3v) is 6.02. The molecule has 1 heterocycles. The largest absolute Gasteiger partial charge is 0.496 e. The lowest BCUT2D eigenvalue weighted by Gasteiger charge is -2.11. The smallest absolute Gasteiger partial charge is 0.220 e. The fraction of sp³-hybridized carbons (Fsp3) is 0.375. The minimum atomic E-state index is -0.0270. The fourth-order valence-electron chi connectivity index (χ4n) is 3.28. The van der Waals surface area contributed by atoms with Crippen LogP contribution < -0.4 is 10.1 Å². The van der Waals surface area contributed by atoms with E-state index in [4.69, 9.17) is 9.47 Å². The van der Waals surface area contributed by atoms with Crippen LogP contribution >= 0.6 is 11.8 Å². The van der Waals surface area contributed by atoms with E-state index in [9.17, 15) is 4.79 Å². The Labute approximate surface area is 193 Å². The molecule has 32 heavy (non-hydrogen) atoms. The number of hydrogen-bond donors (Lipinski definition) is 1. The van der Waals surface area contributed by atoms with Crippen molar-refractivity contribution in [2.45, 2.75) is 43.3 Å². The summed E-state index contributed by atoms with van der Waals surface area (Å²) in [5, 5.41) is 12.6. The number of carbonyl (C=O) groups is 1. The lowest BCUT2D eigenvalue weighted by Crippen LogP contribution is -2.23. The van der Waals surface area contributed by atoms with E-state index in [0.29, 0.717) is 26.0 Å². The third kappa shape index (κ3) is 7.10. The number of amides is 1.